The summed E-state index contributed by atoms with van der Waals surface area (Å²) in [6.07, 6.45) is 2.21. The molecule has 1 saturated heterocycles. The molecule has 8 heteroatoms. The minimum Gasteiger partial charge on any atom is -0.485 e. The van der Waals surface area contributed by atoms with E-state index in [0.29, 0.717) is 55.8 Å². The van der Waals surface area contributed by atoms with Gasteiger partial charge in [0.15, 0.2) is 11.5 Å². The molecule has 138 valence electrons. The summed E-state index contributed by atoms with van der Waals surface area (Å²) in [5, 5.41) is 4.88. The van der Waals surface area contributed by atoms with Gasteiger partial charge in [-0.2, -0.15) is 0 Å². The van der Waals surface area contributed by atoms with Gasteiger partial charge in [-0.25, -0.2) is 0 Å². The highest BCUT2D eigenvalue weighted by atomic mass is 32.1. The third-order valence-corrected chi connectivity index (χ3v) is 5.24. The van der Waals surface area contributed by atoms with E-state index in [1.807, 2.05) is 23.6 Å². The van der Waals surface area contributed by atoms with Crippen LogP contribution in [0.15, 0.2) is 29.8 Å². The van der Waals surface area contributed by atoms with Crippen LogP contribution in [0.5, 0.6) is 11.5 Å². The molecule has 2 atom stereocenters. The van der Waals surface area contributed by atoms with Gasteiger partial charge in [0, 0.05) is 18.2 Å². The molecule has 26 heavy (non-hydrogen) atoms. The highest BCUT2D eigenvalue weighted by Gasteiger charge is 2.31. The zero-order valence-corrected chi connectivity index (χ0v) is 15.0. The second-order valence-electron chi connectivity index (χ2n) is 6.07. The van der Waals surface area contributed by atoms with E-state index < -0.39 is 0 Å². The topological polar surface area (TPSA) is 78.9 Å². The minimum absolute atomic E-state index is 0.123. The van der Waals surface area contributed by atoms with E-state index in [4.69, 9.17) is 18.9 Å². The molecule has 0 radical (unpaired) electrons. The number of nitrogens with zero attached hydrogens (tertiary/aromatic N) is 1. The fourth-order valence-corrected chi connectivity index (χ4v) is 3.80. The Morgan fingerprint density at radius 1 is 1.31 bits per heavy atom. The number of rotatable bonds is 5. The van der Waals surface area contributed by atoms with Crippen molar-refractivity contribution in [2.75, 3.05) is 26.4 Å². The van der Waals surface area contributed by atoms with Crippen molar-refractivity contribution >= 4 is 17.2 Å². The molecule has 2 aliphatic rings. The molecule has 0 aliphatic carbocycles. The Balaban J connectivity index is 1.40. The standard InChI is InChI=1S/C18H20N2O5S/c21-18(17-16-15(11-26-17)23-7-8-24-16)20-13-4-6-22-10-14(13)25-9-12-3-1-2-5-19-12/h1-3,5,11,13-14H,4,6-10H2,(H,20,21)/t13-,14-/m1/s1. The Morgan fingerprint density at radius 3 is 3.12 bits per heavy atom. The van der Waals surface area contributed by atoms with Crippen molar-refractivity contribution in [1.29, 1.82) is 0 Å². The smallest absolute Gasteiger partial charge is 0.265 e. The molecule has 0 aromatic carbocycles. The van der Waals surface area contributed by atoms with Crippen LogP contribution in [0.4, 0.5) is 0 Å². The Morgan fingerprint density at radius 2 is 2.23 bits per heavy atom. The van der Waals surface area contributed by atoms with Gasteiger partial charge in [0.05, 0.1) is 24.9 Å². The molecular weight excluding hydrogens is 356 g/mol. The van der Waals surface area contributed by atoms with Crippen LogP contribution in [0.1, 0.15) is 21.8 Å². The predicted molar refractivity (Wildman–Crippen MR) is 94.8 cm³/mol. The second kappa shape index (κ2) is 8.03. The fraction of sp³-hybridized carbons (Fsp3) is 0.444. The predicted octanol–water partition coefficient (Wildman–Crippen LogP) is 2.02. The second-order valence-corrected chi connectivity index (χ2v) is 6.95. The third kappa shape index (κ3) is 3.82. The fourth-order valence-electron chi connectivity index (χ4n) is 2.97. The van der Waals surface area contributed by atoms with Crippen molar-refractivity contribution in [3.8, 4) is 11.5 Å². The van der Waals surface area contributed by atoms with Gasteiger partial charge in [-0.3, -0.25) is 9.78 Å². The maximum atomic E-state index is 12.7. The van der Waals surface area contributed by atoms with Gasteiger partial charge in [0.25, 0.3) is 5.91 Å². The summed E-state index contributed by atoms with van der Waals surface area (Å²) in [5.74, 6) is 1.01. The number of hydrogen-bond donors (Lipinski definition) is 1. The van der Waals surface area contributed by atoms with Crippen LogP contribution >= 0.6 is 11.3 Å². The number of amides is 1. The lowest BCUT2D eigenvalue weighted by atomic mass is 10.1. The largest absolute Gasteiger partial charge is 0.485 e. The normalized spacial score (nSPS) is 22.0. The van der Waals surface area contributed by atoms with Gasteiger partial charge < -0.3 is 24.3 Å². The Kier molecular flexibility index (Phi) is 5.33. The van der Waals surface area contributed by atoms with E-state index in [2.05, 4.69) is 10.3 Å². The highest BCUT2D eigenvalue weighted by Crippen LogP contribution is 2.39. The highest BCUT2D eigenvalue weighted by molar-refractivity contribution is 7.12. The van der Waals surface area contributed by atoms with Crippen molar-refractivity contribution in [3.05, 3.63) is 40.3 Å². The quantitative estimate of drug-likeness (QED) is 0.860. The van der Waals surface area contributed by atoms with Crippen LogP contribution in [-0.4, -0.2) is 49.5 Å². The number of carbonyl (C=O) groups is 1. The van der Waals surface area contributed by atoms with Crippen molar-refractivity contribution in [1.82, 2.24) is 10.3 Å². The van der Waals surface area contributed by atoms with Gasteiger partial charge in [-0.15, -0.1) is 11.3 Å². The van der Waals surface area contributed by atoms with E-state index in [-0.39, 0.29) is 18.1 Å². The molecule has 2 aromatic heterocycles. The first-order valence-electron chi connectivity index (χ1n) is 8.58. The summed E-state index contributed by atoms with van der Waals surface area (Å²) in [6.45, 7) is 2.38. The first kappa shape index (κ1) is 17.3. The number of fused-ring (bicyclic) bond motifs is 1. The molecule has 1 amide bonds. The van der Waals surface area contributed by atoms with Crippen molar-refractivity contribution in [2.24, 2.45) is 0 Å². The Hall–Kier alpha value is -2.16. The van der Waals surface area contributed by atoms with E-state index >= 15 is 0 Å². The number of hydrogen-bond acceptors (Lipinski definition) is 7. The summed E-state index contributed by atoms with van der Waals surface area (Å²) in [5.41, 5.74) is 0.848. The van der Waals surface area contributed by atoms with Gasteiger partial charge in [-0.05, 0) is 18.6 Å². The minimum atomic E-state index is -0.220. The third-order valence-electron chi connectivity index (χ3n) is 4.30. The van der Waals surface area contributed by atoms with Crippen LogP contribution in [-0.2, 0) is 16.1 Å². The summed E-state index contributed by atoms with van der Waals surface area (Å²) < 4.78 is 22.6. The van der Waals surface area contributed by atoms with Crippen LogP contribution in [0.3, 0.4) is 0 Å². The number of aromatic nitrogens is 1. The average molecular weight is 376 g/mol. The Labute approximate surface area is 155 Å². The van der Waals surface area contributed by atoms with Crippen LogP contribution in [0.2, 0.25) is 0 Å². The first-order valence-corrected chi connectivity index (χ1v) is 9.46. The zero-order chi connectivity index (χ0) is 17.8. The molecule has 0 saturated carbocycles. The van der Waals surface area contributed by atoms with Gasteiger partial charge in [0.1, 0.15) is 24.2 Å². The molecule has 0 bridgehead atoms. The molecular formula is C18H20N2O5S. The lowest BCUT2D eigenvalue weighted by Gasteiger charge is -2.32. The molecule has 2 aromatic rings. The summed E-state index contributed by atoms with van der Waals surface area (Å²) >= 11 is 1.33. The SMILES string of the molecule is O=C(N[C@@H]1CCOC[C@H]1OCc1ccccn1)c1scc2c1OCCO2. The maximum Gasteiger partial charge on any atom is 0.265 e. The van der Waals surface area contributed by atoms with Crippen molar-refractivity contribution < 1.29 is 23.7 Å². The number of carbonyl (C=O) groups excluding carboxylic acids is 1. The molecule has 0 spiro atoms. The lowest BCUT2D eigenvalue weighted by Crippen LogP contribution is -2.49. The summed E-state index contributed by atoms with van der Waals surface area (Å²) in [4.78, 5) is 17.5. The number of pyridine rings is 1. The van der Waals surface area contributed by atoms with Crippen LogP contribution in [0.25, 0.3) is 0 Å². The van der Waals surface area contributed by atoms with E-state index in [1.54, 1.807) is 6.20 Å². The summed E-state index contributed by atoms with van der Waals surface area (Å²) in [7, 11) is 0. The van der Waals surface area contributed by atoms with E-state index in [0.717, 1.165) is 5.69 Å². The van der Waals surface area contributed by atoms with Crippen LogP contribution < -0.4 is 14.8 Å². The van der Waals surface area contributed by atoms with E-state index in [9.17, 15) is 4.79 Å². The molecule has 4 rings (SSSR count). The molecule has 7 nitrogen and oxygen atoms in total. The monoisotopic (exact) mass is 376 g/mol. The maximum absolute atomic E-state index is 12.7. The van der Waals surface area contributed by atoms with Crippen LogP contribution in [0, 0.1) is 0 Å². The lowest BCUT2D eigenvalue weighted by molar-refractivity contribution is -0.0743. The number of thiophene rings is 1. The first-order chi connectivity index (χ1) is 12.8. The van der Waals surface area contributed by atoms with Gasteiger partial charge in [0.2, 0.25) is 0 Å². The van der Waals surface area contributed by atoms with Crippen molar-refractivity contribution in [2.45, 2.75) is 25.2 Å². The molecule has 0 unspecified atom stereocenters. The number of ether oxygens (including phenoxy) is 4. The van der Waals surface area contributed by atoms with Gasteiger partial charge in [-0.1, -0.05) is 6.07 Å². The van der Waals surface area contributed by atoms with Gasteiger partial charge >= 0.3 is 0 Å². The molecule has 1 fully saturated rings. The van der Waals surface area contributed by atoms with Crippen molar-refractivity contribution in [3.63, 3.8) is 0 Å². The average Bonchev–Trinajstić information content (AvgIpc) is 3.12. The van der Waals surface area contributed by atoms with E-state index in [1.165, 1.54) is 11.3 Å². The molecule has 4 heterocycles. The Bertz CT molecular complexity index is 751. The summed E-state index contributed by atoms with van der Waals surface area (Å²) in [6, 6.07) is 5.57. The zero-order valence-electron chi connectivity index (χ0n) is 14.2. The molecule has 2 aliphatic heterocycles. The number of nitrogens with one attached hydrogen (secondary N) is 1. The molecule has 1 N–H and O–H groups in total.